The second kappa shape index (κ2) is 6.39. The third kappa shape index (κ3) is 3.56. The van der Waals surface area contributed by atoms with Crippen LogP contribution >= 0.6 is 0 Å². The Morgan fingerprint density at radius 1 is 1.41 bits per heavy atom. The fourth-order valence-electron chi connectivity index (χ4n) is 1.65. The Kier molecular flexibility index (Phi) is 5.15. The number of aromatic nitrogens is 2. The zero-order valence-corrected chi connectivity index (χ0v) is 10.8. The molecule has 17 heavy (non-hydrogen) atoms. The lowest BCUT2D eigenvalue weighted by Gasteiger charge is -2.20. The van der Waals surface area contributed by atoms with Crippen molar-refractivity contribution >= 4 is 5.69 Å². The van der Waals surface area contributed by atoms with Gasteiger partial charge in [0.05, 0.1) is 24.5 Å². The molecular formula is C12H21N3O2. The van der Waals surface area contributed by atoms with Gasteiger partial charge in [-0.3, -0.25) is 4.79 Å². The average Bonchev–Trinajstić information content (AvgIpc) is 2.33. The Morgan fingerprint density at radius 3 is 2.53 bits per heavy atom. The monoisotopic (exact) mass is 239 g/mol. The van der Waals surface area contributed by atoms with Crippen LogP contribution in [0.2, 0.25) is 0 Å². The molecule has 1 aromatic heterocycles. The molecule has 0 aliphatic rings. The van der Waals surface area contributed by atoms with Crippen LogP contribution in [0.3, 0.4) is 0 Å². The molecule has 0 aliphatic heterocycles. The minimum atomic E-state index is -0.514. The van der Waals surface area contributed by atoms with Gasteiger partial charge in [-0.1, -0.05) is 6.92 Å². The van der Waals surface area contributed by atoms with Crippen LogP contribution in [0.4, 0.5) is 5.69 Å². The Bertz CT molecular complexity index is 399. The summed E-state index contributed by atoms with van der Waals surface area (Å²) in [6, 6.07) is 1.57. The summed E-state index contributed by atoms with van der Waals surface area (Å²) in [4.78, 5) is 13.9. The Balaban J connectivity index is 2.90. The Hall–Kier alpha value is -1.36. The van der Waals surface area contributed by atoms with Crippen molar-refractivity contribution in [3.63, 3.8) is 0 Å². The zero-order chi connectivity index (χ0) is 12.8. The van der Waals surface area contributed by atoms with Gasteiger partial charge >= 0.3 is 0 Å². The highest BCUT2D eigenvalue weighted by Crippen LogP contribution is 2.08. The molecule has 1 rings (SSSR count). The SMILES string of the molecule is CCC(O)Cn1ncc(N(CC)CC)cc1=O. The molecule has 0 saturated heterocycles. The molecule has 0 fully saturated rings. The summed E-state index contributed by atoms with van der Waals surface area (Å²) in [6.45, 7) is 7.90. The smallest absolute Gasteiger partial charge is 0.268 e. The molecule has 1 N–H and O–H groups in total. The summed E-state index contributed by atoms with van der Waals surface area (Å²) in [5, 5.41) is 13.6. The quantitative estimate of drug-likeness (QED) is 0.800. The highest BCUT2D eigenvalue weighted by atomic mass is 16.3. The zero-order valence-electron chi connectivity index (χ0n) is 10.8. The molecule has 1 heterocycles. The van der Waals surface area contributed by atoms with E-state index in [-0.39, 0.29) is 12.1 Å². The lowest BCUT2D eigenvalue weighted by atomic mass is 10.3. The number of rotatable bonds is 6. The van der Waals surface area contributed by atoms with Crippen LogP contribution in [0.15, 0.2) is 17.1 Å². The largest absolute Gasteiger partial charge is 0.391 e. The van der Waals surface area contributed by atoms with Gasteiger partial charge in [0.25, 0.3) is 5.56 Å². The Labute approximate surface area is 102 Å². The van der Waals surface area contributed by atoms with E-state index in [2.05, 4.69) is 10.00 Å². The molecule has 1 unspecified atom stereocenters. The van der Waals surface area contributed by atoms with Crippen molar-refractivity contribution < 1.29 is 5.11 Å². The standard InChI is InChI=1S/C12H21N3O2/c1-4-11(16)9-15-12(17)7-10(8-13-15)14(5-2)6-3/h7-8,11,16H,4-6,9H2,1-3H3. The predicted molar refractivity (Wildman–Crippen MR) is 68.4 cm³/mol. The fraction of sp³-hybridized carbons (Fsp3) is 0.667. The first-order valence-electron chi connectivity index (χ1n) is 6.12. The summed E-state index contributed by atoms with van der Waals surface area (Å²) >= 11 is 0. The Morgan fingerprint density at radius 2 is 2.06 bits per heavy atom. The third-order valence-electron chi connectivity index (χ3n) is 2.84. The van der Waals surface area contributed by atoms with Crippen LogP contribution < -0.4 is 10.5 Å². The maximum absolute atomic E-state index is 11.8. The predicted octanol–water partition coefficient (Wildman–Crippen LogP) is 0.860. The molecule has 0 saturated carbocycles. The molecule has 0 aliphatic carbocycles. The van der Waals surface area contributed by atoms with Gasteiger partial charge in [0, 0.05) is 19.2 Å². The molecule has 1 aromatic rings. The molecule has 5 nitrogen and oxygen atoms in total. The molecular weight excluding hydrogens is 218 g/mol. The summed E-state index contributed by atoms with van der Waals surface area (Å²) in [5.41, 5.74) is 0.670. The van der Waals surface area contributed by atoms with E-state index >= 15 is 0 Å². The van der Waals surface area contributed by atoms with E-state index in [1.807, 2.05) is 20.8 Å². The average molecular weight is 239 g/mol. The highest BCUT2D eigenvalue weighted by Gasteiger charge is 2.08. The molecule has 0 spiro atoms. The first-order valence-corrected chi connectivity index (χ1v) is 6.12. The minimum Gasteiger partial charge on any atom is -0.391 e. The van der Waals surface area contributed by atoms with E-state index in [0.717, 1.165) is 18.8 Å². The van der Waals surface area contributed by atoms with Crippen LogP contribution in [0, 0.1) is 0 Å². The summed E-state index contributed by atoms with van der Waals surface area (Å²) in [7, 11) is 0. The fourth-order valence-corrected chi connectivity index (χ4v) is 1.65. The lowest BCUT2D eigenvalue weighted by Crippen LogP contribution is -2.30. The number of aliphatic hydroxyl groups is 1. The van der Waals surface area contributed by atoms with Crippen molar-refractivity contribution in [3.8, 4) is 0 Å². The second-order valence-corrected chi connectivity index (χ2v) is 3.97. The van der Waals surface area contributed by atoms with Gasteiger partial charge in [-0.2, -0.15) is 5.10 Å². The molecule has 0 aromatic carbocycles. The molecule has 1 atom stereocenters. The van der Waals surface area contributed by atoms with Crippen molar-refractivity contribution in [3.05, 3.63) is 22.6 Å². The molecule has 0 radical (unpaired) electrons. The number of aliphatic hydroxyl groups excluding tert-OH is 1. The van der Waals surface area contributed by atoms with Gasteiger partial charge in [-0.25, -0.2) is 4.68 Å². The number of nitrogens with zero attached hydrogens (tertiary/aromatic N) is 3. The highest BCUT2D eigenvalue weighted by molar-refractivity contribution is 5.42. The van der Waals surface area contributed by atoms with E-state index in [1.54, 1.807) is 12.3 Å². The number of anilines is 1. The maximum Gasteiger partial charge on any atom is 0.268 e. The van der Waals surface area contributed by atoms with Gasteiger partial charge in [0.1, 0.15) is 0 Å². The van der Waals surface area contributed by atoms with Crippen LogP contribution in [0.25, 0.3) is 0 Å². The maximum atomic E-state index is 11.8. The van der Waals surface area contributed by atoms with Crippen molar-refractivity contribution in [1.82, 2.24) is 9.78 Å². The number of hydrogen-bond acceptors (Lipinski definition) is 4. The molecule has 0 amide bonds. The van der Waals surface area contributed by atoms with E-state index < -0.39 is 6.10 Å². The lowest BCUT2D eigenvalue weighted by molar-refractivity contribution is 0.143. The van der Waals surface area contributed by atoms with E-state index in [9.17, 15) is 9.90 Å². The van der Waals surface area contributed by atoms with Crippen LogP contribution in [0.1, 0.15) is 27.2 Å². The molecule has 5 heteroatoms. The first kappa shape index (κ1) is 13.7. The first-order chi connectivity index (χ1) is 8.12. The van der Waals surface area contributed by atoms with Crippen molar-refractivity contribution in [2.24, 2.45) is 0 Å². The van der Waals surface area contributed by atoms with E-state index in [4.69, 9.17) is 0 Å². The molecule has 0 bridgehead atoms. The minimum absolute atomic E-state index is 0.165. The summed E-state index contributed by atoms with van der Waals surface area (Å²) in [6.07, 6.45) is 1.78. The second-order valence-electron chi connectivity index (χ2n) is 3.97. The van der Waals surface area contributed by atoms with E-state index in [0.29, 0.717) is 6.42 Å². The normalized spacial score (nSPS) is 12.5. The van der Waals surface area contributed by atoms with Crippen LogP contribution in [-0.2, 0) is 6.54 Å². The van der Waals surface area contributed by atoms with Gasteiger partial charge in [0.2, 0.25) is 0 Å². The van der Waals surface area contributed by atoms with Crippen LogP contribution in [0.5, 0.6) is 0 Å². The van der Waals surface area contributed by atoms with Crippen molar-refractivity contribution in [2.45, 2.75) is 39.8 Å². The van der Waals surface area contributed by atoms with Crippen LogP contribution in [-0.4, -0.2) is 34.1 Å². The van der Waals surface area contributed by atoms with Crippen molar-refractivity contribution in [2.75, 3.05) is 18.0 Å². The van der Waals surface area contributed by atoms with Gasteiger partial charge < -0.3 is 10.0 Å². The topological polar surface area (TPSA) is 58.4 Å². The third-order valence-corrected chi connectivity index (χ3v) is 2.84. The molecule has 96 valence electrons. The summed E-state index contributed by atoms with van der Waals surface area (Å²) < 4.78 is 1.31. The number of hydrogen-bond donors (Lipinski definition) is 1. The van der Waals surface area contributed by atoms with Gasteiger partial charge in [-0.15, -0.1) is 0 Å². The van der Waals surface area contributed by atoms with Crippen molar-refractivity contribution in [1.29, 1.82) is 0 Å². The van der Waals surface area contributed by atoms with E-state index in [1.165, 1.54) is 4.68 Å². The van der Waals surface area contributed by atoms with Gasteiger partial charge in [-0.05, 0) is 20.3 Å². The van der Waals surface area contributed by atoms with Gasteiger partial charge in [0.15, 0.2) is 0 Å². The summed E-state index contributed by atoms with van der Waals surface area (Å²) in [5.74, 6) is 0.